The molecule has 0 saturated carbocycles. The van der Waals surface area contributed by atoms with Gasteiger partial charge in [-0.25, -0.2) is 4.79 Å². The van der Waals surface area contributed by atoms with Crippen LogP contribution in [0.15, 0.2) is 24.3 Å². The van der Waals surface area contributed by atoms with Crippen LogP contribution in [0, 0.1) is 0 Å². The number of nitrogens with one attached hydrogen (secondary N) is 4. The van der Waals surface area contributed by atoms with Gasteiger partial charge < -0.3 is 45.5 Å². The summed E-state index contributed by atoms with van der Waals surface area (Å²) >= 11 is 0. The molecule has 2 aliphatic rings. The maximum Gasteiger partial charge on any atom is 0.329 e. The zero-order chi connectivity index (χ0) is 49.0. The highest BCUT2D eigenvalue weighted by Crippen LogP contribution is 2.21. The van der Waals surface area contributed by atoms with Crippen LogP contribution in [0.4, 0.5) is 0 Å². The maximum absolute atomic E-state index is 12.9. The lowest BCUT2D eigenvalue weighted by Gasteiger charge is -2.30. The van der Waals surface area contributed by atoms with Crippen molar-refractivity contribution in [2.24, 2.45) is 0 Å². The first-order valence-electron chi connectivity index (χ1n) is 21.8. The molecular weight excluding hydrogens is 851 g/mol. The maximum atomic E-state index is 12.9. The van der Waals surface area contributed by atoms with Crippen molar-refractivity contribution >= 4 is 59.1 Å². The van der Waals surface area contributed by atoms with Gasteiger partial charge in [-0.2, -0.15) is 0 Å². The Morgan fingerprint density at radius 2 is 0.923 bits per heavy atom. The van der Waals surface area contributed by atoms with Gasteiger partial charge in [0.15, 0.2) is 0 Å². The van der Waals surface area contributed by atoms with Crippen molar-refractivity contribution < 1.29 is 67.3 Å². The molecule has 0 unspecified atom stereocenters. The quantitative estimate of drug-likeness (QED) is 0.0576. The molecule has 9 amide bonds. The fourth-order valence-corrected chi connectivity index (χ4v) is 6.39. The minimum Gasteiger partial charge on any atom is -0.480 e. The molecule has 0 aromatic rings. The van der Waals surface area contributed by atoms with Crippen LogP contribution in [-0.4, -0.2) is 167 Å². The number of imide groups is 2. The molecular formula is C44H69N7O14. The van der Waals surface area contributed by atoms with Crippen LogP contribution in [0.25, 0.3) is 0 Å². The second-order valence-corrected chi connectivity index (χ2v) is 18.4. The molecule has 0 spiro atoms. The van der Waals surface area contributed by atoms with Gasteiger partial charge in [0.25, 0.3) is 23.6 Å². The molecule has 2 heterocycles. The first-order chi connectivity index (χ1) is 30.2. The smallest absolute Gasteiger partial charge is 0.329 e. The molecule has 0 atom stereocenters. The van der Waals surface area contributed by atoms with E-state index < -0.39 is 71.0 Å². The van der Waals surface area contributed by atoms with Gasteiger partial charge in [-0.05, 0) is 81.1 Å². The zero-order valence-corrected chi connectivity index (χ0v) is 39.1. The van der Waals surface area contributed by atoms with E-state index >= 15 is 0 Å². The predicted octanol–water partition coefficient (Wildman–Crippen LogP) is 0.499. The van der Waals surface area contributed by atoms with Crippen LogP contribution >= 0.6 is 0 Å². The van der Waals surface area contributed by atoms with E-state index in [0.29, 0.717) is 25.7 Å². The minimum absolute atomic E-state index is 0.0185. The number of carboxylic acid groups (broad SMARTS) is 1. The standard InChI is InChI=1S/C44H69N7O14/c1-41(2,47-33(54)15-23-50-35(56)9-10-36(50)57)19-27-64-43(5,6)17-13-31(52)45-21-25-49(39(60)29-63-30-40(61)62)26-22-46-32(53)14-18-44(7,8)65-28-20-42(3,4)48-34(55)16-24-51-37(58)11-12-38(51)59/h9-12H,13-30H2,1-8H3,(H,45,52)(H,46,53)(H,47,54)(H,48,55)(H,61,62). The van der Waals surface area contributed by atoms with Gasteiger partial charge in [-0.3, -0.25) is 53.0 Å². The third kappa shape index (κ3) is 22.8. The Bertz CT molecular complexity index is 1660. The third-order valence-electron chi connectivity index (χ3n) is 10.4. The number of carbonyl (C=O) groups is 10. The van der Waals surface area contributed by atoms with E-state index in [2.05, 4.69) is 21.3 Å². The average Bonchev–Trinajstić information content (AvgIpc) is 3.69. The third-order valence-corrected chi connectivity index (χ3v) is 10.4. The number of amides is 9. The van der Waals surface area contributed by atoms with Gasteiger partial charge in [0.1, 0.15) is 13.2 Å². The normalized spacial score (nSPS) is 14.3. The Balaban J connectivity index is 1.72. The van der Waals surface area contributed by atoms with Crippen molar-refractivity contribution in [1.29, 1.82) is 0 Å². The summed E-state index contributed by atoms with van der Waals surface area (Å²) in [4.78, 5) is 125. The van der Waals surface area contributed by atoms with E-state index in [1.807, 2.05) is 55.4 Å². The van der Waals surface area contributed by atoms with Crippen molar-refractivity contribution in [3.05, 3.63) is 24.3 Å². The number of hydrogen-bond acceptors (Lipinski definition) is 13. The summed E-state index contributed by atoms with van der Waals surface area (Å²) in [6.07, 6.45) is 6.44. The van der Waals surface area contributed by atoms with Crippen molar-refractivity contribution in [3.8, 4) is 0 Å². The Hall–Kier alpha value is -5.54. The number of ether oxygens (including phenoxy) is 3. The van der Waals surface area contributed by atoms with E-state index in [9.17, 15) is 47.9 Å². The molecule has 21 heteroatoms. The summed E-state index contributed by atoms with van der Waals surface area (Å²) in [5.41, 5.74) is -2.68. The molecule has 0 aromatic heterocycles. The molecule has 0 aliphatic carbocycles. The van der Waals surface area contributed by atoms with Gasteiger partial charge in [0.2, 0.25) is 29.5 Å². The number of rotatable bonds is 32. The Labute approximate surface area is 380 Å². The van der Waals surface area contributed by atoms with Crippen LogP contribution in [0.1, 0.15) is 107 Å². The Morgan fingerprint density at radius 1 is 0.554 bits per heavy atom. The lowest BCUT2D eigenvalue weighted by Crippen LogP contribution is -2.46. The summed E-state index contributed by atoms with van der Waals surface area (Å²) in [5.74, 6) is -4.77. The second kappa shape index (κ2) is 25.8. The van der Waals surface area contributed by atoms with E-state index in [1.165, 1.54) is 29.2 Å². The minimum atomic E-state index is -1.24. The molecule has 0 bridgehead atoms. The molecule has 2 aliphatic heterocycles. The van der Waals surface area contributed by atoms with Crippen molar-refractivity contribution in [2.45, 2.75) is 129 Å². The van der Waals surface area contributed by atoms with Gasteiger partial charge in [-0.1, -0.05) is 0 Å². The molecule has 364 valence electrons. The first kappa shape index (κ1) is 55.6. The molecule has 0 fully saturated rings. The fourth-order valence-electron chi connectivity index (χ4n) is 6.39. The van der Waals surface area contributed by atoms with Gasteiger partial charge >= 0.3 is 5.97 Å². The SMILES string of the molecule is CC(C)(CCOC(C)(C)CCC(=O)NCCN(CCNC(=O)CCC(C)(C)OCCC(C)(C)NC(=O)CCN1C(=O)C=CC1=O)C(=O)COCC(=O)O)NC(=O)CCN1C(=O)C=CC1=O. The van der Waals surface area contributed by atoms with Crippen LogP contribution < -0.4 is 21.3 Å². The highest BCUT2D eigenvalue weighted by Gasteiger charge is 2.29. The second-order valence-electron chi connectivity index (χ2n) is 18.4. The summed E-state index contributed by atoms with van der Waals surface area (Å²) in [6.45, 7) is 14.3. The molecule has 5 N–H and O–H groups in total. The summed E-state index contributed by atoms with van der Waals surface area (Å²) in [5, 5.41) is 20.2. The number of carboxylic acids is 1. The van der Waals surface area contributed by atoms with Gasteiger partial charge in [0, 0.05) is 114 Å². The molecule has 0 saturated heterocycles. The van der Waals surface area contributed by atoms with Crippen LogP contribution in [0.3, 0.4) is 0 Å². The van der Waals surface area contributed by atoms with E-state index in [1.54, 1.807) is 0 Å². The van der Waals surface area contributed by atoms with E-state index in [4.69, 9.17) is 19.3 Å². The van der Waals surface area contributed by atoms with E-state index in [-0.39, 0.29) is 102 Å². The first-order valence-corrected chi connectivity index (χ1v) is 21.8. The Morgan fingerprint density at radius 3 is 1.28 bits per heavy atom. The van der Waals surface area contributed by atoms with Gasteiger partial charge in [-0.15, -0.1) is 0 Å². The average molecular weight is 920 g/mol. The number of hydrogen-bond donors (Lipinski definition) is 5. The molecule has 65 heavy (non-hydrogen) atoms. The Kier molecular flexibility index (Phi) is 22.1. The van der Waals surface area contributed by atoms with E-state index in [0.717, 1.165) is 9.80 Å². The summed E-state index contributed by atoms with van der Waals surface area (Å²) < 4.78 is 17.1. The zero-order valence-electron chi connectivity index (χ0n) is 39.1. The fraction of sp³-hybridized carbons (Fsp3) is 0.682. The lowest BCUT2D eigenvalue weighted by molar-refractivity contribution is -0.146. The van der Waals surface area contributed by atoms with Gasteiger partial charge in [0.05, 0.1) is 11.2 Å². The summed E-state index contributed by atoms with van der Waals surface area (Å²) in [6, 6.07) is 0. The number of aliphatic carboxylic acids is 1. The molecule has 0 aromatic carbocycles. The molecule has 21 nitrogen and oxygen atoms in total. The highest BCUT2D eigenvalue weighted by molar-refractivity contribution is 6.13. The van der Waals surface area contributed by atoms with Crippen LogP contribution in [-0.2, 0) is 62.2 Å². The van der Waals surface area contributed by atoms with Crippen molar-refractivity contribution in [2.75, 3.05) is 65.7 Å². The lowest BCUT2D eigenvalue weighted by atomic mass is 9.99. The van der Waals surface area contributed by atoms with Crippen LogP contribution in [0.5, 0.6) is 0 Å². The largest absolute Gasteiger partial charge is 0.480 e. The van der Waals surface area contributed by atoms with Crippen molar-refractivity contribution in [1.82, 2.24) is 36.0 Å². The monoisotopic (exact) mass is 919 g/mol. The predicted molar refractivity (Wildman–Crippen MR) is 234 cm³/mol. The highest BCUT2D eigenvalue weighted by atomic mass is 16.5. The number of nitrogens with zero attached hydrogens (tertiary/aromatic N) is 3. The topological polar surface area (TPSA) is 276 Å². The molecule has 2 rings (SSSR count). The number of carbonyl (C=O) groups excluding carboxylic acids is 9. The van der Waals surface area contributed by atoms with Crippen molar-refractivity contribution in [3.63, 3.8) is 0 Å². The summed E-state index contributed by atoms with van der Waals surface area (Å²) in [7, 11) is 0. The molecule has 0 radical (unpaired) electrons. The van der Waals surface area contributed by atoms with Crippen LogP contribution in [0.2, 0.25) is 0 Å².